The third-order valence-electron chi connectivity index (χ3n) is 2.71. The summed E-state index contributed by atoms with van der Waals surface area (Å²) in [6.07, 6.45) is 1.93. The molecule has 1 amide bonds. The van der Waals surface area contributed by atoms with Crippen molar-refractivity contribution in [1.82, 2.24) is 15.2 Å². The van der Waals surface area contributed by atoms with Crippen LogP contribution >= 0.6 is 46.2 Å². The molecule has 2 heterocycles. The van der Waals surface area contributed by atoms with Gasteiger partial charge in [0.25, 0.3) is 0 Å². The Hall–Kier alpha value is -1.42. The Morgan fingerprint density at radius 1 is 1.22 bits per heavy atom. The molecule has 0 fully saturated rings. The Kier molecular flexibility index (Phi) is 5.65. The zero-order valence-corrected chi connectivity index (χ0v) is 15.3. The predicted molar refractivity (Wildman–Crippen MR) is 98.6 cm³/mol. The number of aromatic nitrogens is 3. The molecule has 0 spiro atoms. The Balaban J connectivity index is 1.54. The normalized spacial score (nSPS) is 10.7. The van der Waals surface area contributed by atoms with Crippen molar-refractivity contribution in [3.05, 3.63) is 35.7 Å². The Bertz CT molecular complexity index is 787. The maximum Gasteiger partial charge on any atom is 0.236 e. The highest BCUT2D eigenvalue weighted by Gasteiger charge is 2.10. The fourth-order valence-electron chi connectivity index (χ4n) is 1.69. The first-order chi connectivity index (χ1) is 11.2. The summed E-state index contributed by atoms with van der Waals surface area (Å²) in [5.74, 6) is 0.200. The van der Waals surface area contributed by atoms with Crippen molar-refractivity contribution in [1.29, 1.82) is 0 Å². The molecule has 118 valence electrons. The molecule has 0 aliphatic heterocycles. The quantitative estimate of drug-likeness (QED) is 0.513. The number of rotatable bonds is 6. The van der Waals surface area contributed by atoms with Gasteiger partial charge in [-0.1, -0.05) is 65.2 Å². The van der Waals surface area contributed by atoms with E-state index in [-0.39, 0.29) is 5.91 Å². The highest BCUT2D eigenvalue weighted by molar-refractivity contribution is 8.01. The number of carbonyl (C=O) groups is 1. The van der Waals surface area contributed by atoms with Gasteiger partial charge in [-0.2, -0.15) is 0 Å². The van der Waals surface area contributed by atoms with Gasteiger partial charge in [0.2, 0.25) is 11.0 Å². The van der Waals surface area contributed by atoms with Crippen molar-refractivity contribution >= 4 is 57.2 Å². The summed E-state index contributed by atoms with van der Waals surface area (Å²) < 4.78 is 1.71. The zero-order valence-electron chi connectivity index (χ0n) is 12.1. The van der Waals surface area contributed by atoms with Crippen LogP contribution in [0.5, 0.6) is 0 Å². The lowest BCUT2D eigenvalue weighted by molar-refractivity contribution is -0.113. The van der Waals surface area contributed by atoms with E-state index in [0.29, 0.717) is 10.9 Å². The first kappa shape index (κ1) is 16.4. The average molecular weight is 381 g/mol. The second-order valence-corrected chi connectivity index (χ2v) is 8.39. The van der Waals surface area contributed by atoms with E-state index < -0.39 is 0 Å². The summed E-state index contributed by atoms with van der Waals surface area (Å²) >= 11 is 5.84. The number of amides is 1. The van der Waals surface area contributed by atoms with Gasteiger partial charge in [-0.3, -0.25) is 10.1 Å². The molecule has 0 unspecified atom stereocenters. The molecule has 2 aromatic heterocycles. The van der Waals surface area contributed by atoms with E-state index in [1.807, 2.05) is 42.0 Å². The predicted octanol–water partition coefficient (Wildman–Crippen LogP) is 4.11. The topological polar surface area (TPSA) is 67.8 Å². The molecule has 5 nitrogen and oxygen atoms in total. The SMILES string of the molecule is CSc1nnc(NC(=O)CSc2nc(-c3ccccc3)cs2)s1. The Morgan fingerprint density at radius 2 is 2.04 bits per heavy atom. The van der Waals surface area contributed by atoms with Crippen LogP contribution in [0.2, 0.25) is 0 Å². The van der Waals surface area contributed by atoms with Crippen molar-refractivity contribution in [3.8, 4) is 11.3 Å². The fourth-order valence-corrected chi connectivity index (χ4v) is 4.51. The number of nitrogens with one attached hydrogen (secondary N) is 1. The lowest BCUT2D eigenvalue weighted by atomic mass is 10.2. The second kappa shape index (κ2) is 7.91. The average Bonchev–Trinajstić information content (AvgIpc) is 3.23. The number of carbonyl (C=O) groups excluding carboxylic acids is 1. The monoisotopic (exact) mass is 380 g/mol. The molecule has 0 atom stereocenters. The molecule has 0 aliphatic rings. The Labute approximate surface area is 150 Å². The summed E-state index contributed by atoms with van der Waals surface area (Å²) in [5, 5.41) is 13.2. The standard InChI is InChI=1S/C14H12N4OS4/c1-20-14-18-17-12(23-14)16-11(19)8-22-13-15-10(7-21-13)9-5-3-2-4-6-9/h2-7H,8H2,1H3,(H,16,17,19). The number of thioether (sulfide) groups is 2. The van der Waals surface area contributed by atoms with E-state index in [1.54, 1.807) is 11.3 Å². The van der Waals surface area contributed by atoms with Crippen molar-refractivity contribution in [2.45, 2.75) is 8.68 Å². The molecule has 1 aromatic carbocycles. The summed E-state index contributed by atoms with van der Waals surface area (Å²) in [6.45, 7) is 0. The lowest BCUT2D eigenvalue weighted by Crippen LogP contribution is -2.13. The second-order valence-electron chi connectivity index (χ2n) is 4.28. The highest BCUT2D eigenvalue weighted by atomic mass is 32.2. The zero-order chi connectivity index (χ0) is 16.1. The molecular formula is C14H12N4OS4. The number of nitrogens with zero attached hydrogens (tertiary/aromatic N) is 3. The highest BCUT2D eigenvalue weighted by Crippen LogP contribution is 2.28. The van der Waals surface area contributed by atoms with E-state index >= 15 is 0 Å². The molecule has 0 radical (unpaired) electrons. The molecule has 3 aromatic rings. The van der Waals surface area contributed by atoms with Crippen LogP contribution < -0.4 is 5.32 Å². The number of anilines is 1. The summed E-state index contributed by atoms with van der Waals surface area (Å²) in [7, 11) is 0. The van der Waals surface area contributed by atoms with Crippen LogP contribution in [0, 0.1) is 0 Å². The summed E-state index contributed by atoms with van der Waals surface area (Å²) in [5.41, 5.74) is 2.02. The maximum absolute atomic E-state index is 11.9. The minimum absolute atomic E-state index is 0.102. The number of benzene rings is 1. The third kappa shape index (κ3) is 4.54. The van der Waals surface area contributed by atoms with Crippen molar-refractivity contribution in [3.63, 3.8) is 0 Å². The van der Waals surface area contributed by atoms with Crippen molar-refractivity contribution in [2.24, 2.45) is 0 Å². The molecule has 1 N–H and O–H groups in total. The van der Waals surface area contributed by atoms with Gasteiger partial charge in [-0.15, -0.1) is 21.5 Å². The van der Waals surface area contributed by atoms with Gasteiger partial charge >= 0.3 is 0 Å². The molecule has 23 heavy (non-hydrogen) atoms. The van der Waals surface area contributed by atoms with Gasteiger partial charge in [0.15, 0.2) is 8.68 Å². The number of thiazole rings is 1. The molecule has 0 saturated heterocycles. The minimum atomic E-state index is -0.102. The Morgan fingerprint density at radius 3 is 2.78 bits per heavy atom. The van der Waals surface area contributed by atoms with Crippen LogP contribution in [0.1, 0.15) is 0 Å². The van der Waals surface area contributed by atoms with Crippen LogP contribution in [0.25, 0.3) is 11.3 Å². The van der Waals surface area contributed by atoms with Crippen LogP contribution in [-0.4, -0.2) is 33.1 Å². The first-order valence-electron chi connectivity index (χ1n) is 6.55. The van der Waals surface area contributed by atoms with Gasteiger partial charge < -0.3 is 0 Å². The third-order valence-corrected chi connectivity index (χ3v) is 6.54. The molecule has 9 heteroatoms. The lowest BCUT2D eigenvalue weighted by Gasteiger charge is -1.99. The van der Waals surface area contributed by atoms with E-state index in [9.17, 15) is 4.79 Å². The largest absolute Gasteiger partial charge is 0.300 e. The molecular weight excluding hydrogens is 368 g/mol. The molecule has 3 rings (SSSR count). The van der Waals surface area contributed by atoms with Crippen molar-refractivity contribution in [2.75, 3.05) is 17.3 Å². The van der Waals surface area contributed by atoms with Crippen LogP contribution in [0.3, 0.4) is 0 Å². The maximum atomic E-state index is 11.9. The van der Waals surface area contributed by atoms with E-state index in [4.69, 9.17) is 0 Å². The molecule has 0 saturated carbocycles. The van der Waals surface area contributed by atoms with E-state index in [1.165, 1.54) is 34.9 Å². The minimum Gasteiger partial charge on any atom is -0.300 e. The van der Waals surface area contributed by atoms with Crippen LogP contribution in [-0.2, 0) is 4.79 Å². The molecule has 0 bridgehead atoms. The summed E-state index contributed by atoms with van der Waals surface area (Å²) in [4.78, 5) is 16.5. The van der Waals surface area contributed by atoms with E-state index in [0.717, 1.165) is 19.9 Å². The van der Waals surface area contributed by atoms with Gasteiger partial charge in [0.05, 0.1) is 11.4 Å². The fraction of sp³-hybridized carbons (Fsp3) is 0.143. The first-order valence-corrected chi connectivity index (χ1v) is 10.5. The number of hydrogen-bond acceptors (Lipinski definition) is 8. The van der Waals surface area contributed by atoms with Crippen LogP contribution in [0.4, 0.5) is 5.13 Å². The van der Waals surface area contributed by atoms with Crippen LogP contribution in [0.15, 0.2) is 44.4 Å². The van der Waals surface area contributed by atoms with Gasteiger partial charge in [-0.25, -0.2) is 4.98 Å². The van der Waals surface area contributed by atoms with E-state index in [2.05, 4.69) is 20.5 Å². The molecule has 0 aliphatic carbocycles. The van der Waals surface area contributed by atoms with Crippen molar-refractivity contribution < 1.29 is 4.79 Å². The van der Waals surface area contributed by atoms with Gasteiger partial charge in [0, 0.05) is 10.9 Å². The smallest absolute Gasteiger partial charge is 0.236 e. The van der Waals surface area contributed by atoms with Gasteiger partial charge in [-0.05, 0) is 6.26 Å². The number of hydrogen-bond donors (Lipinski definition) is 1. The van der Waals surface area contributed by atoms with Gasteiger partial charge in [0.1, 0.15) is 0 Å². The summed E-state index contributed by atoms with van der Waals surface area (Å²) in [6, 6.07) is 10.00.